The normalized spacial score (nSPS) is 17.6. The molecule has 0 radical (unpaired) electrons. The highest BCUT2D eigenvalue weighted by Crippen LogP contribution is 2.21. The lowest BCUT2D eigenvalue weighted by atomic mass is 10.1. The quantitative estimate of drug-likeness (QED) is 0.918. The summed E-state index contributed by atoms with van der Waals surface area (Å²) >= 11 is 0. The highest BCUT2D eigenvalue weighted by Gasteiger charge is 2.16. The number of hydrogen-bond donors (Lipinski definition) is 1. The van der Waals surface area contributed by atoms with E-state index in [-0.39, 0.29) is 12.0 Å². The fourth-order valence-corrected chi connectivity index (χ4v) is 2.50. The number of aromatic nitrogens is 2. The van der Waals surface area contributed by atoms with Crippen LogP contribution in [-0.4, -0.2) is 28.8 Å². The van der Waals surface area contributed by atoms with Crippen LogP contribution < -0.4 is 5.32 Å². The molecule has 116 valence electrons. The molecule has 1 aliphatic rings. The minimum absolute atomic E-state index is 0.0110. The van der Waals surface area contributed by atoms with Crippen molar-refractivity contribution in [3.8, 4) is 11.5 Å². The van der Waals surface area contributed by atoms with Crippen molar-refractivity contribution in [2.75, 3.05) is 11.9 Å². The van der Waals surface area contributed by atoms with Crippen LogP contribution in [0.1, 0.15) is 31.6 Å². The van der Waals surface area contributed by atoms with Crippen LogP contribution in [0.4, 0.5) is 5.69 Å². The molecule has 1 amide bonds. The molecule has 1 atom stereocenters. The molecule has 0 spiro atoms. The van der Waals surface area contributed by atoms with Gasteiger partial charge in [-0.1, -0.05) is 0 Å². The fourth-order valence-electron chi connectivity index (χ4n) is 2.50. The highest BCUT2D eigenvalue weighted by molar-refractivity contribution is 5.90. The lowest BCUT2D eigenvalue weighted by Gasteiger charge is -2.09. The third kappa shape index (κ3) is 3.71. The number of rotatable bonds is 5. The lowest BCUT2D eigenvalue weighted by Crippen LogP contribution is -2.15. The second kappa shape index (κ2) is 6.70. The number of hydrogen-bond acceptors (Lipinski definition) is 5. The lowest BCUT2D eigenvalue weighted by molar-refractivity contribution is -0.116. The smallest absolute Gasteiger partial charge is 0.247 e. The minimum atomic E-state index is 0.0110. The SMILES string of the molecule is Cc1nnc(-c2ccc(NC(=O)CC[C@H]3CCCO3)cc2)o1. The van der Waals surface area contributed by atoms with Gasteiger partial charge in [0, 0.05) is 31.2 Å². The van der Waals surface area contributed by atoms with E-state index >= 15 is 0 Å². The zero-order valence-corrected chi connectivity index (χ0v) is 12.5. The summed E-state index contributed by atoms with van der Waals surface area (Å²) in [5, 5.41) is 10.6. The molecule has 0 bridgehead atoms. The van der Waals surface area contributed by atoms with Gasteiger partial charge in [0.05, 0.1) is 6.10 Å². The second-order valence-corrected chi connectivity index (χ2v) is 5.43. The number of carbonyl (C=O) groups excluding carboxylic acids is 1. The Hall–Kier alpha value is -2.21. The molecule has 1 aliphatic heterocycles. The van der Waals surface area contributed by atoms with Gasteiger partial charge in [-0.2, -0.15) is 0 Å². The van der Waals surface area contributed by atoms with Gasteiger partial charge >= 0.3 is 0 Å². The number of benzene rings is 1. The van der Waals surface area contributed by atoms with Crippen molar-refractivity contribution in [3.05, 3.63) is 30.2 Å². The summed E-state index contributed by atoms with van der Waals surface area (Å²) in [7, 11) is 0. The number of nitrogens with zero attached hydrogens (tertiary/aromatic N) is 2. The van der Waals surface area contributed by atoms with Crippen molar-refractivity contribution in [2.24, 2.45) is 0 Å². The van der Waals surface area contributed by atoms with E-state index in [0.717, 1.165) is 37.1 Å². The maximum Gasteiger partial charge on any atom is 0.247 e. The van der Waals surface area contributed by atoms with Crippen molar-refractivity contribution in [3.63, 3.8) is 0 Å². The van der Waals surface area contributed by atoms with Crippen LogP contribution in [0.25, 0.3) is 11.5 Å². The van der Waals surface area contributed by atoms with Crippen LogP contribution in [0.5, 0.6) is 0 Å². The molecule has 1 fully saturated rings. The van der Waals surface area contributed by atoms with Gasteiger partial charge in [-0.25, -0.2) is 0 Å². The van der Waals surface area contributed by atoms with Gasteiger partial charge in [-0.3, -0.25) is 4.79 Å². The van der Waals surface area contributed by atoms with Gasteiger partial charge < -0.3 is 14.5 Å². The molecule has 2 heterocycles. The molecular weight excluding hydrogens is 282 g/mol. The molecule has 0 saturated carbocycles. The van der Waals surface area contributed by atoms with E-state index in [9.17, 15) is 4.79 Å². The predicted octanol–water partition coefficient (Wildman–Crippen LogP) is 2.94. The summed E-state index contributed by atoms with van der Waals surface area (Å²) in [5.41, 5.74) is 1.59. The first-order valence-corrected chi connectivity index (χ1v) is 7.53. The molecule has 1 N–H and O–H groups in total. The van der Waals surface area contributed by atoms with Gasteiger partial charge in [0.15, 0.2) is 0 Å². The van der Waals surface area contributed by atoms with E-state index in [1.807, 2.05) is 24.3 Å². The summed E-state index contributed by atoms with van der Waals surface area (Å²) in [5.74, 6) is 1.02. The first kappa shape index (κ1) is 14.7. The second-order valence-electron chi connectivity index (χ2n) is 5.43. The molecule has 1 aromatic heterocycles. The van der Waals surface area contributed by atoms with E-state index < -0.39 is 0 Å². The topological polar surface area (TPSA) is 77.2 Å². The number of amides is 1. The summed E-state index contributed by atoms with van der Waals surface area (Å²) in [4.78, 5) is 11.9. The average molecular weight is 301 g/mol. The molecule has 2 aromatic rings. The first-order chi connectivity index (χ1) is 10.7. The summed E-state index contributed by atoms with van der Waals surface area (Å²) in [6.45, 7) is 2.57. The Balaban J connectivity index is 1.53. The molecule has 22 heavy (non-hydrogen) atoms. The number of ether oxygens (including phenoxy) is 1. The predicted molar refractivity (Wildman–Crippen MR) is 81.3 cm³/mol. The van der Waals surface area contributed by atoms with Crippen molar-refractivity contribution < 1.29 is 13.9 Å². The van der Waals surface area contributed by atoms with E-state index in [4.69, 9.17) is 9.15 Å². The largest absolute Gasteiger partial charge is 0.421 e. The highest BCUT2D eigenvalue weighted by atomic mass is 16.5. The minimum Gasteiger partial charge on any atom is -0.421 e. The third-order valence-electron chi connectivity index (χ3n) is 3.66. The Morgan fingerprint density at radius 1 is 1.32 bits per heavy atom. The van der Waals surface area contributed by atoms with Crippen molar-refractivity contribution in [1.29, 1.82) is 0 Å². The summed E-state index contributed by atoms with van der Waals surface area (Å²) in [6.07, 6.45) is 3.67. The van der Waals surface area contributed by atoms with Gasteiger partial charge in [0.25, 0.3) is 0 Å². The Bertz CT molecular complexity index is 630. The Morgan fingerprint density at radius 2 is 2.14 bits per heavy atom. The van der Waals surface area contributed by atoms with Crippen LogP contribution in [0.15, 0.2) is 28.7 Å². The average Bonchev–Trinajstić information content (AvgIpc) is 3.17. The maximum atomic E-state index is 11.9. The monoisotopic (exact) mass is 301 g/mol. The Kier molecular flexibility index (Phi) is 4.48. The van der Waals surface area contributed by atoms with Gasteiger partial charge in [0.1, 0.15) is 0 Å². The number of aryl methyl sites for hydroxylation is 1. The van der Waals surface area contributed by atoms with Crippen LogP contribution >= 0.6 is 0 Å². The van der Waals surface area contributed by atoms with Crippen LogP contribution in [0.2, 0.25) is 0 Å². The number of carbonyl (C=O) groups is 1. The van der Waals surface area contributed by atoms with E-state index in [1.165, 1.54) is 0 Å². The Morgan fingerprint density at radius 3 is 2.77 bits per heavy atom. The van der Waals surface area contributed by atoms with E-state index in [1.54, 1.807) is 6.92 Å². The van der Waals surface area contributed by atoms with Crippen molar-refractivity contribution in [1.82, 2.24) is 10.2 Å². The van der Waals surface area contributed by atoms with E-state index in [2.05, 4.69) is 15.5 Å². The maximum absolute atomic E-state index is 11.9. The molecule has 6 heteroatoms. The number of nitrogens with one attached hydrogen (secondary N) is 1. The van der Waals surface area contributed by atoms with Crippen molar-refractivity contribution >= 4 is 11.6 Å². The fraction of sp³-hybridized carbons (Fsp3) is 0.438. The van der Waals surface area contributed by atoms with Crippen LogP contribution in [-0.2, 0) is 9.53 Å². The molecule has 0 aliphatic carbocycles. The molecule has 3 rings (SSSR count). The van der Waals surface area contributed by atoms with Gasteiger partial charge in [-0.15, -0.1) is 10.2 Å². The van der Waals surface area contributed by atoms with Gasteiger partial charge in [-0.05, 0) is 43.5 Å². The molecule has 6 nitrogen and oxygen atoms in total. The molecular formula is C16H19N3O3. The summed E-state index contributed by atoms with van der Waals surface area (Å²) in [6, 6.07) is 7.36. The standard InChI is InChI=1S/C16H19N3O3/c1-11-18-19-16(22-11)12-4-6-13(7-5-12)17-15(20)9-8-14-3-2-10-21-14/h4-7,14H,2-3,8-10H2,1H3,(H,17,20)/t14-/m1/s1. The zero-order valence-electron chi connectivity index (χ0n) is 12.5. The third-order valence-corrected chi connectivity index (χ3v) is 3.66. The van der Waals surface area contributed by atoms with Crippen molar-refractivity contribution in [2.45, 2.75) is 38.7 Å². The van der Waals surface area contributed by atoms with Crippen LogP contribution in [0.3, 0.4) is 0 Å². The number of anilines is 1. The first-order valence-electron chi connectivity index (χ1n) is 7.53. The summed E-state index contributed by atoms with van der Waals surface area (Å²) < 4.78 is 10.9. The zero-order chi connectivity index (χ0) is 15.4. The molecule has 1 aromatic carbocycles. The van der Waals surface area contributed by atoms with Crippen LogP contribution in [0, 0.1) is 6.92 Å². The van der Waals surface area contributed by atoms with Gasteiger partial charge in [0.2, 0.25) is 17.7 Å². The molecule has 0 unspecified atom stereocenters. The molecule has 1 saturated heterocycles. The Labute approximate surface area is 128 Å². The van der Waals surface area contributed by atoms with E-state index in [0.29, 0.717) is 18.2 Å².